The molecule has 4 heteroatoms. The highest BCUT2D eigenvalue weighted by Gasteiger charge is 2.14. The summed E-state index contributed by atoms with van der Waals surface area (Å²) in [5.41, 5.74) is 3.06. The zero-order valence-electron chi connectivity index (χ0n) is 9.73. The smallest absolute Gasteiger partial charge is 0.0798 e. The molecule has 0 spiro atoms. The highest BCUT2D eigenvalue weighted by molar-refractivity contribution is 7.10. The lowest BCUT2D eigenvalue weighted by molar-refractivity contribution is 0.503. The molecule has 2 rings (SSSR count). The summed E-state index contributed by atoms with van der Waals surface area (Å²) >= 11 is 3.53. The van der Waals surface area contributed by atoms with Crippen LogP contribution in [-0.4, -0.2) is 4.98 Å². The first-order valence-electron chi connectivity index (χ1n) is 5.38. The molecule has 1 N–H and O–H groups in total. The fourth-order valence-corrected chi connectivity index (χ4v) is 3.36. The van der Waals surface area contributed by atoms with E-state index in [1.165, 1.54) is 9.75 Å². The van der Waals surface area contributed by atoms with Gasteiger partial charge in [0.15, 0.2) is 0 Å². The van der Waals surface area contributed by atoms with E-state index >= 15 is 0 Å². The fraction of sp³-hybridized carbons (Fsp3) is 0.417. The minimum atomic E-state index is 0.365. The fourth-order valence-electron chi connectivity index (χ4n) is 1.80. The van der Waals surface area contributed by atoms with Crippen molar-refractivity contribution in [1.82, 2.24) is 10.3 Å². The molecule has 86 valence electrons. The van der Waals surface area contributed by atoms with Gasteiger partial charge < -0.3 is 5.32 Å². The van der Waals surface area contributed by atoms with E-state index in [0.29, 0.717) is 12.1 Å². The van der Waals surface area contributed by atoms with Crippen LogP contribution in [0, 0.1) is 6.92 Å². The quantitative estimate of drug-likeness (QED) is 0.892. The van der Waals surface area contributed by atoms with Crippen molar-refractivity contribution in [2.75, 3.05) is 0 Å². The molecule has 2 nitrogen and oxygen atoms in total. The van der Waals surface area contributed by atoms with Gasteiger partial charge in [-0.05, 0) is 32.2 Å². The van der Waals surface area contributed by atoms with Gasteiger partial charge in [0.05, 0.1) is 11.2 Å². The van der Waals surface area contributed by atoms with Crippen LogP contribution in [0.25, 0.3) is 0 Å². The van der Waals surface area contributed by atoms with Crippen LogP contribution in [0.3, 0.4) is 0 Å². The number of nitrogens with one attached hydrogen (secondary N) is 1. The number of thiazole rings is 1. The Bertz CT molecular complexity index is 434. The Morgan fingerprint density at radius 3 is 2.62 bits per heavy atom. The van der Waals surface area contributed by atoms with Crippen molar-refractivity contribution in [1.29, 1.82) is 0 Å². The zero-order chi connectivity index (χ0) is 11.5. The van der Waals surface area contributed by atoms with Crippen molar-refractivity contribution in [2.45, 2.75) is 32.9 Å². The van der Waals surface area contributed by atoms with Gasteiger partial charge in [-0.3, -0.25) is 0 Å². The molecule has 0 aliphatic rings. The Hall–Kier alpha value is -0.710. The zero-order valence-corrected chi connectivity index (χ0v) is 11.4. The first-order chi connectivity index (χ1) is 7.68. The molecule has 0 aliphatic carbocycles. The maximum absolute atomic E-state index is 4.29. The predicted molar refractivity (Wildman–Crippen MR) is 71.1 cm³/mol. The third-order valence-electron chi connectivity index (χ3n) is 2.65. The first kappa shape index (κ1) is 11.8. The molecule has 16 heavy (non-hydrogen) atoms. The Morgan fingerprint density at radius 2 is 2.06 bits per heavy atom. The molecule has 0 saturated heterocycles. The summed E-state index contributed by atoms with van der Waals surface area (Å²) in [6.45, 7) is 6.48. The number of nitrogens with zero attached hydrogens (tertiary/aromatic N) is 1. The van der Waals surface area contributed by atoms with E-state index < -0.39 is 0 Å². The second-order valence-corrected chi connectivity index (χ2v) is 5.79. The Kier molecular flexibility index (Phi) is 3.74. The van der Waals surface area contributed by atoms with E-state index in [0.717, 1.165) is 5.69 Å². The molecule has 2 heterocycles. The van der Waals surface area contributed by atoms with Gasteiger partial charge in [-0.1, -0.05) is 6.07 Å². The number of aromatic nitrogens is 1. The van der Waals surface area contributed by atoms with Gasteiger partial charge in [0.2, 0.25) is 0 Å². The van der Waals surface area contributed by atoms with Crippen LogP contribution in [0.2, 0.25) is 0 Å². The SMILES string of the molecule is Cc1ncsc1C(C)NC(C)c1cccs1. The van der Waals surface area contributed by atoms with Gasteiger partial charge in [0.25, 0.3) is 0 Å². The Balaban J connectivity index is 2.03. The average molecular weight is 252 g/mol. The molecule has 0 amide bonds. The van der Waals surface area contributed by atoms with Crippen molar-refractivity contribution < 1.29 is 0 Å². The van der Waals surface area contributed by atoms with E-state index in [-0.39, 0.29) is 0 Å². The average Bonchev–Trinajstić information content (AvgIpc) is 2.86. The molecule has 0 aliphatic heterocycles. The lowest BCUT2D eigenvalue weighted by Crippen LogP contribution is -2.21. The summed E-state index contributed by atoms with van der Waals surface area (Å²) in [6.07, 6.45) is 0. The molecule has 2 unspecified atom stereocenters. The largest absolute Gasteiger partial charge is 0.302 e. The molecule has 0 saturated carbocycles. The maximum atomic E-state index is 4.29. The molecule has 0 bridgehead atoms. The van der Waals surface area contributed by atoms with Gasteiger partial charge in [-0.2, -0.15) is 0 Å². The van der Waals surface area contributed by atoms with Crippen molar-refractivity contribution in [3.63, 3.8) is 0 Å². The van der Waals surface area contributed by atoms with E-state index in [2.05, 4.69) is 48.6 Å². The van der Waals surface area contributed by atoms with Crippen LogP contribution in [0.5, 0.6) is 0 Å². The van der Waals surface area contributed by atoms with Gasteiger partial charge in [-0.25, -0.2) is 4.98 Å². The molecule has 2 aromatic heterocycles. The summed E-state index contributed by atoms with van der Waals surface area (Å²) in [4.78, 5) is 7.01. The van der Waals surface area contributed by atoms with Crippen LogP contribution in [0.15, 0.2) is 23.0 Å². The van der Waals surface area contributed by atoms with Gasteiger partial charge in [-0.15, -0.1) is 22.7 Å². The molecular formula is C12H16N2S2. The van der Waals surface area contributed by atoms with Crippen LogP contribution < -0.4 is 5.32 Å². The third-order valence-corrected chi connectivity index (χ3v) is 4.81. The lowest BCUT2D eigenvalue weighted by Gasteiger charge is -2.18. The normalized spacial score (nSPS) is 14.9. The highest BCUT2D eigenvalue weighted by atomic mass is 32.1. The standard InChI is InChI=1S/C12H16N2S2/c1-8(11-5-4-6-15-11)14-10(3)12-9(2)13-7-16-12/h4-8,10,14H,1-3H3. The number of rotatable bonds is 4. The second-order valence-electron chi connectivity index (χ2n) is 3.93. The van der Waals surface area contributed by atoms with Crippen molar-refractivity contribution in [3.8, 4) is 0 Å². The molecule has 0 radical (unpaired) electrons. The summed E-state index contributed by atoms with van der Waals surface area (Å²) in [5.74, 6) is 0. The topological polar surface area (TPSA) is 24.9 Å². The summed E-state index contributed by atoms with van der Waals surface area (Å²) in [5, 5.41) is 5.73. The van der Waals surface area contributed by atoms with Gasteiger partial charge in [0.1, 0.15) is 0 Å². The van der Waals surface area contributed by atoms with Gasteiger partial charge in [0, 0.05) is 21.8 Å². The lowest BCUT2D eigenvalue weighted by atomic mass is 10.2. The molecule has 2 aromatic rings. The molecule has 0 aromatic carbocycles. The number of thiophene rings is 1. The first-order valence-corrected chi connectivity index (χ1v) is 7.14. The van der Waals surface area contributed by atoms with Crippen LogP contribution in [-0.2, 0) is 0 Å². The molecular weight excluding hydrogens is 236 g/mol. The van der Waals surface area contributed by atoms with E-state index in [1.54, 1.807) is 22.7 Å². The molecule has 0 fully saturated rings. The number of aryl methyl sites for hydroxylation is 1. The van der Waals surface area contributed by atoms with Crippen molar-refractivity contribution in [3.05, 3.63) is 38.5 Å². The summed E-state index contributed by atoms with van der Waals surface area (Å²) < 4.78 is 0. The minimum Gasteiger partial charge on any atom is -0.302 e. The Morgan fingerprint density at radius 1 is 1.25 bits per heavy atom. The third kappa shape index (κ3) is 2.51. The van der Waals surface area contributed by atoms with Crippen LogP contribution in [0.1, 0.15) is 41.4 Å². The van der Waals surface area contributed by atoms with Crippen molar-refractivity contribution in [2.24, 2.45) is 0 Å². The summed E-state index contributed by atoms with van der Waals surface area (Å²) in [6, 6.07) is 5.04. The van der Waals surface area contributed by atoms with Crippen LogP contribution >= 0.6 is 22.7 Å². The maximum Gasteiger partial charge on any atom is 0.0798 e. The van der Waals surface area contributed by atoms with Gasteiger partial charge >= 0.3 is 0 Å². The van der Waals surface area contributed by atoms with Crippen LogP contribution in [0.4, 0.5) is 0 Å². The van der Waals surface area contributed by atoms with Crippen molar-refractivity contribution >= 4 is 22.7 Å². The van der Waals surface area contributed by atoms with E-state index in [1.807, 2.05) is 5.51 Å². The second kappa shape index (κ2) is 5.08. The minimum absolute atomic E-state index is 0.365. The van der Waals surface area contributed by atoms with E-state index in [9.17, 15) is 0 Å². The predicted octanol–water partition coefficient (Wildman–Crippen LogP) is 3.92. The van der Waals surface area contributed by atoms with E-state index in [4.69, 9.17) is 0 Å². The summed E-state index contributed by atoms with van der Waals surface area (Å²) in [7, 11) is 0. The molecule has 2 atom stereocenters. The monoisotopic (exact) mass is 252 g/mol. The highest BCUT2D eigenvalue weighted by Crippen LogP contribution is 2.26. The Labute approximate surface area is 104 Å². The number of hydrogen-bond donors (Lipinski definition) is 1. The number of hydrogen-bond acceptors (Lipinski definition) is 4.